The maximum Gasteiger partial charge on any atom is 0.344 e. The maximum absolute atomic E-state index is 14.3. The Labute approximate surface area is 123 Å². The van der Waals surface area contributed by atoms with E-state index in [4.69, 9.17) is 14.3 Å². The summed E-state index contributed by atoms with van der Waals surface area (Å²) in [5, 5.41) is 9.34. The largest absolute Gasteiger partial charge is 0.493 e. The van der Waals surface area contributed by atoms with E-state index in [9.17, 15) is 13.6 Å². The average Bonchev–Trinajstić information content (AvgIpc) is 2.51. The Bertz CT molecular complexity index is 931. The average molecular weight is 306 g/mol. The Kier molecular flexibility index (Phi) is 3.54. The lowest BCUT2D eigenvalue weighted by Crippen LogP contribution is -2.07. The van der Waals surface area contributed by atoms with Gasteiger partial charge in [0.25, 0.3) is 0 Å². The van der Waals surface area contributed by atoms with Crippen LogP contribution in [0.3, 0.4) is 0 Å². The van der Waals surface area contributed by atoms with Crippen LogP contribution in [0.1, 0.15) is 5.56 Å². The van der Waals surface area contributed by atoms with E-state index in [2.05, 4.69) is 0 Å². The van der Waals surface area contributed by atoms with Gasteiger partial charge >= 0.3 is 5.63 Å². The third kappa shape index (κ3) is 2.03. The van der Waals surface area contributed by atoms with E-state index < -0.39 is 22.8 Å². The molecule has 0 amide bonds. The van der Waals surface area contributed by atoms with Crippen molar-refractivity contribution in [1.29, 1.82) is 0 Å². The number of methoxy groups -OCH3 is 1. The molecule has 0 aliphatic heterocycles. The molecule has 0 spiro atoms. The molecule has 1 aromatic heterocycles. The molecule has 3 aromatic rings. The standard InChI is InChI=1S/C16H12F2O4/c1-21-11-7-10(17)13-9-4-2-3-8(5-6-19)12(9)16(20)22-15(13)14(11)18/h2-4,7,19H,5-6H2,1H3. The number of hydrogen-bond donors (Lipinski definition) is 1. The Hall–Kier alpha value is -2.47. The highest BCUT2D eigenvalue weighted by molar-refractivity contribution is 6.06. The van der Waals surface area contributed by atoms with Gasteiger partial charge in [-0.05, 0) is 12.0 Å². The minimum Gasteiger partial charge on any atom is -0.493 e. The summed E-state index contributed by atoms with van der Waals surface area (Å²) >= 11 is 0. The number of fused-ring (bicyclic) bond motifs is 3. The number of aliphatic hydroxyl groups excluding tert-OH is 1. The van der Waals surface area contributed by atoms with Gasteiger partial charge in [-0.3, -0.25) is 0 Å². The molecule has 114 valence electrons. The number of hydrogen-bond acceptors (Lipinski definition) is 4. The quantitative estimate of drug-likeness (QED) is 0.597. The molecular weight excluding hydrogens is 294 g/mol. The van der Waals surface area contributed by atoms with Gasteiger partial charge in [-0.1, -0.05) is 18.2 Å². The lowest BCUT2D eigenvalue weighted by atomic mass is 10.0. The van der Waals surface area contributed by atoms with Crippen LogP contribution in [0.15, 0.2) is 33.5 Å². The fourth-order valence-electron chi connectivity index (χ4n) is 2.60. The van der Waals surface area contributed by atoms with Crippen LogP contribution < -0.4 is 10.4 Å². The van der Waals surface area contributed by atoms with E-state index in [0.29, 0.717) is 5.56 Å². The normalized spacial score (nSPS) is 11.3. The predicted molar refractivity (Wildman–Crippen MR) is 77.2 cm³/mol. The van der Waals surface area contributed by atoms with E-state index in [-0.39, 0.29) is 34.9 Å². The van der Waals surface area contributed by atoms with Gasteiger partial charge in [0.1, 0.15) is 5.82 Å². The molecule has 0 saturated carbocycles. The monoisotopic (exact) mass is 306 g/mol. The van der Waals surface area contributed by atoms with E-state index in [1.807, 2.05) is 0 Å². The molecule has 0 radical (unpaired) electrons. The third-order valence-electron chi connectivity index (χ3n) is 3.56. The first-order valence-corrected chi connectivity index (χ1v) is 6.59. The fraction of sp³-hybridized carbons (Fsp3) is 0.188. The number of ether oxygens (including phenoxy) is 1. The van der Waals surface area contributed by atoms with Gasteiger partial charge in [-0.15, -0.1) is 0 Å². The molecule has 6 heteroatoms. The van der Waals surface area contributed by atoms with Crippen LogP contribution >= 0.6 is 0 Å². The van der Waals surface area contributed by atoms with Crippen LogP contribution in [-0.4, -0.2) is 18.8 Å². The first-order chi connectivity index (χ1) is 10.6. The summed E-state index contributed by atoms with van der Waals surface area (Å²) < 4.78 is 38.3. The van der Waals surface area contributed by atoms with Gasteiger partial charge in [0, 0.05) is 18.1 Å². The molecule has 1 N–H and O–H groups in total. The fourth-order valence-corrected chi connectivity index (χ4v) is 2.60. The van der Waals surface area contributed by atoms with E-state index in [0.717, 1.165) is 6.07 Å². The minimum absolute atomic E-state index is 0.118. The second kappa shape index (κ2) is 5.38. The lowest BCUT2D eigenvalue weighted by Gasteiger charge is -2.10. The Morgan fingerprint density at radius 1 is 1.27 bits per heavy atom. The minimum atomic E-state index is -0.925. The first kappa shape index (κ1) is 14.5. The van der Waals surface area contributed by atoms with Crippen LogP contribution in [0.5, 0.6) is 5.75 Å². The zero-order chi connectivity index (χ0) is 15.9. The van der Waals surface area contributed by atoms with Crippen molar-refractivity contribution in [2.24, 2.45) is 0 Å². The molecule has 4 nitrogen and oxygen atoms in total. The highest BCUT2D eigenvalue weighted by Crippen LogP contribution is 2.33. The Balaban J connectivity index is 2.55. The van der Waals surface area contributed by atoms with Crippen molar-refractivity contribution in [2.75, 3.05) is 13.7 Å². The highest BCUT2D eigenvalue weighted by atomic mass is 19.1. The first-order valence-electron chi connectivity index (χ1n) is 6.59. The van der Waals surface area contributed by atoms with Gasteiger partial charge in [-0.25, -0.2) is 9.18 Å². The zero-order valence-electron chi connectivity index (χ0n) is 11.7. The molecule has 2 aromatic carbocycles. The molecular formula is C16H12F2O4. The van der Waals surface area contributed by atoms with E-state index in [1.165, 1.54) is 13.2 Å². The van der Waals surface area contributed by atoms with Gasteiger partial charge < -0.3 is 14.3 Å². The van der Waals surface area contributed by atoms with Gasteiger partial charge in [0.15, 0.2) is 11.3 Å². The summed E-state index contributed by atoms with van der Waals surface area (Å²) in [7, 11) is 1.20. The highest BCUT2D eigenvalue weighted by Gasteiger charge is 2.20. The molecule has 3 rings (SSSR count). The Morgan fingerprint density at radius 2 is 2.05 bits per heavy atom. The van der Waals surface area contributed by atoms with Crippen LogP contribution in [0.2, 0.25) is 0 Å². The summed E-state index contributed by atoms with van der Waals surface area (Å²) in [5.41, 5.74) is -0.736. The summed E-state index contributed by atoms with van der Waals surface area (Å²) in [5.74, 6) is -2.01. The smallest absolute Gasteiger partial charge is 0.344 e. The number of aliphatic hydroxyl groups is 1. The second-order valence-electron chi connectivity index (χ2n) is 4.78. The predicted octanol–water partition coefficient (Wildman–Crippen LogP) is 2.77. The molecule has 1 heterocycles. The number of benzene rings is 2. The van der Waals surface area contributed by atoms with Crippen LogP contribution in [-0.2, 0) is 6.42 Å². The van der Waals surface area contributed by atoms with Crippen LogP contribution in [0.4, 0.5) is 8.78 Å². The van der Waals surface area contributed by atoms with Crippen LogP contribution in [0.25, 0.3) is 21.7 Å². The lowest BCUT2D eigenvalue weighted by molar-refractivity contribution is 0.300. The van der Waals surface area contributed by atoms with Gasteiger partial charge in [-0.2, -0.15) is 4.39 Å². The molecule has 0 bridgehead atoms. The topological polar surface area (TPSA) is 59.7 Å². The van der Waals surface area contributed by atoms with Crippen molar-refractivity contribution < 1.29 is 23.0 Å². The second-order valence-corrected chi connectivity index (χ2v) is 4.78. The van der Waals surface area contributed by atoms with Gasteiger partial charge in [0.05, 0.1) is 17.9 Å². The van der Waals surface area contributed by atoms with E-state index >= 15 is 0 Å². The van der Waals surface area contributed by atoms with Crippen molar-refractivity contribution in [2.45, 2.75) is 6.42 Å². The molecule has 0 unspecified atom stereocenters. The van der Waals surface area contributed by atoms with Crippen molar-refractivity contribution in [3.63, 3.8) is 0 Å². The molecule has 0 atom stereocenters. The molecule has 0 fully saturated rings. The maximum atomic E-state index is 14.3. The zero-order valence-corrected chi connectivity index (χ0v) is 11.7. The van der Waals surface area contributed by atoms with Crippen molar-refractivity contribution >= 4 is 21.7 Å². The van der Waals surface area contributed by atoms with Crippen molar-refractivity contribution in [3.8, 4) is 5.75 Å². The third-order valence-corrected chi connectivity index (χ3v) is 3.56. The summed E-state index contributed by atoms with van der Waals surface area (Å²) in [6.07, 6.45) is 0.216. The molecule has 0 saturated heterocycles. The summed E-state index contributed by atoms with van der Waals surface area (Å²) in [6, 6.07) is 5.69. The van der Waals surface area contributed by atoms with Crippen molar-refractivity contribution in [3.05, 3.63) is 51.9 Å². The van der Waals surface area contributed by atoms with Gasteiger partial charge in [0.2, 0.25) is 5.82 Å². The number of rotatable bonds is 3. The van der Waals surface area contributed by atoms with Crippen LogP contribution in [0, 0.1) is 11.6 Å². The SMILES string of the molecule is COc1cc(F)c2c(oc(=O)c3c(CCO)cccc32)c1F. The van der Waals surface area contributed by atoms with Crippen molar-refractivity contribution in [1.82, 2.24) is 0 Å². The Morgan fingerprint density at radius 3 is 2.73 bits per heavy atom. The number of halogens is 2. The molecule has 0 aliphatic carbocycles. The molecule has 0 aliphatic rings. The summed E-state index contributed by atoms with van der Waals surface area (Å²) in [4.78, 5) is 12.2. The summed E-state index contributed by atoms with van der Waals surface area (Å²) in [6.45, 7) is -0.171. The molecule has 22 heavy (non-hydrogen) atoms. The van der Waals surface area contributed by atoms with E-state index in [1.54, 1.807) is 12.1 Å².